The first-order valence-electron chi connectivity index (χ1n) is 12.6. The SMILES string of the molecule is C[C@@H]1C[C@@H](N)C[C@H](c2ccncc2NC(=O)c2ccc(F)c(-c3c(F)cc4c(c3F)OCC[C@]4(C)O)n2)C1. The molecule has 1 aliphatic heterocycles. The van der Waals surface area contributed by atoms with Crippen LogP contribution in [0.15, 0.2) is 36.7 Å². The van der Waals surface area contributed by atoms with Crippen molar-refractivity contribution in [2.45, 2.75) is 57.1 Å². The van der Waals surface area contributed by atoms with Crippen LogP contribution in [-0.4, -0.2) is 33.6 Å². The van der Waals surface area contributed by atoms with Gasteiger partial charge in [-0.15, -0.1) is 0 Å². The Hall–Kier alpha value is -3.50. The average Bonchev–Trinajstić information content (AvgIpc) is 2.85. The van der Waals surface area contributed by atoms with E-state index in [1.165, 1.54) is 13.1 Å². The van der Waals surface area contributed by atoms with Crippen LogP contribution in [0.4, 0.5) is 18.9 Å². The van der Waals surface area contributed by atoms with Gasteiger partial charge >= 0.3 is 0 Å². The molecule has 38 heavy (non-hydrogen) atoms. The third kappa shape index (κ3) is 4.86. The number of nitrogens with one attached hydrogen (secondary N) is 1. The van der Waals surface area contributed by atoms with Gasteiger partial charge in [0.1, 0.15) is 23.0 Å². The second kappa shape index (κ2) is 9.99. The van der Waals surface area contributed by atoms with Crippen LogP contribution in [0, 0.1) is 23.4 Å². The maximum Gasteiger partial charge on any atom is 0.274 e. The first-order valence-corrected chi connectivity index (χ1v) is 12.6. The molecule has 4 N–H and O–H groups in total. The third-order valence-electron chi connectivity index (χ3n) is 7.43. The molecule has 0 saturated heterocycles. The fraction of sp³-hybridized carbons (Fsp3) is 0.393. The van der Waals surface area contributed by atoms with E-state index in [9.17, 15) is 14.3 Å². The van der Waals surface area contributed by atoms with Gasteiger partial charge in [0.25, 0.3) is 5.91 Å². The van der Waals surface area contributed by atoms with Crippen molar-refractivity contribution >= 4 is 11.6 Å². The Kier molecular flexibility index (Phi) is 6.87. The summed E-state index contributed by atoms with van der Waals surface area (Å²) in [5.41, 5.74) is 4.31. The first-order chi connectivity index (χ1) is 18.0. The van der Waals surface area contributed by atoms with Crippen molar-refractivity contribution < 1.29 is 27.8 Å². The van der Waals surface area contributed by atoms with E-state index in [0.717, 1.165) is 43.0 Å². The quantitative estimate of drug-likeness (QED) is 0.440. The van der Waals surface area contributed by atoms with Gasteiger partial charge in [-0.3, -0.25) is 9.78 Å². The highest BCUT2D eigenvalue weighted by Gasteiger charge is 2.36. The van der Waals surface area contributed by atoms with E-state index in [4.69, 9.17) is 10.5 Å². The lowest BCUT2D eigenvalue weighted by Crippen LogP contribution is -2.31. The molecule has 0 unspecified atom stereocenters. The Morgan fingerprint density at radius 2 is 1.97 bits per heavy atom. The second-order valence-electron chi connectivity index (χ2n) is 10.5. The minimum absolute atomic E-state index is 0.00152. The van der Waals surface area contributed by atoms with Crippen LogP contribution in [0.1, 0.15) is 67.1 Å². The molecule has 200 valence electrons. The predicted octanol–water partition coefficient (Wildman–Crippen LogP) is 5.03. The van der Waals surface area contributed by atoms with Crippen LogP contribution in [0.5, 0.6) is 5.75 Å². The molecule has 10 heteroatoms. The number of halogens is 3. The lowest BCUT2D eigenvalue weighted by Gasteiger charge is -2.32. The van der Waals surface area contributed by atoms with E-state index in [2.05, 4.69) is 22.2 Å². The van der Waals surface area contributed by atoms with Gasteiger partial charge < -0.3 is 20.9 Å². The summed E-state index contributed by atoms with van der Waals surface area (Å²) in [7, 11) is 0. The number of fused-ring (bicyclic) bond motifs is 1. The summed E-state index contributed by atoms with van der Waals surface area (Å²) in [5, 5.41) is 13.3. The number of hydrogen-bond acceptors (Lipinski definition) is 6. The molecular weight excluding hydrogens is 497 g/mol. The number of aliphatic hydroxyl groups is 1. The number of anilines is 1. The Morgan fingerprint density at radius 1 is 1.18 bits per heavy atom. The standard InChI is InChI=1S/C28H29F3N4O3/c1-14-9-15(11-16(32)10-14)17-5-7-33-13-22(17)35-27(36)21-4-3-19(29)25(34-21)23-20(30)12-18-26(24(23)31)38-8-6-28(18,2)37/h3-5,7,12-16,37H,6,8-11,32H2,1-2H3,(H,35,36)/t14-,15+,16+,28-/m0/s1. The van der Waals surface area contributed by atoms with Crippen molar-refractivity contribution in [3.8, 4) is 17.0 Å². The smallest absolute Gasteiger partial charge is 0.274 e. The van der Waals surface area contributed by atoms with Gasteiger partial charge in [-0.2, -0.15) is 0 Å². The van der Waals surface area contributed by atoms with Gasteiger partial charge in [0.2, 0.25) is 0 Å². The molecule has 0 radical (unpaired) electrons. The summed E-state index contributed by atoms with van der Waals surface area (Å²) in [6.07, 6.45) is 5.92. The van der Waals surface area contributed by atoms with E-state index in [1.54, 1.807) is 6.20 Å². The number of carbonyl (C=O) groups excluding carboxylic acids is 1. The molecule has 0 bridgehead atoms. The lowest BCUT2D eigenvalue weighted by molar-refractivity contribution is 0.0126. The number of nitrogens with two attached hydrogens (primary N) is 1. The van der Waals surface area contributed by atoms with Crippen LogP contribution >= 0.6 is 0 Å². The molecule has 1 aromatic carbocycles. The zero-order valence-electron chi connectivity index (χ0n) is 21.1. The number of ether oxygens (including phenoxy) is 1. The highest BCUT2D eigenvalue weighted by molar-refractivity contribution is 6.03. The maximum absolute atomic E-state index is 15.4. The molecule has 1 aliphatic carbocycles. The summed E-state index contributed by atoms with van der Waals surface area (Å²) in [5.74, 6) is -3.85. The Balaban J connectivity index is 1.48. The molecular formula is C28H29F3N4O3. The van der Waals surface area contributed by atoms with Crippen molar-refractivity contribution in [2.24, 2.45) is 11.7 Å². The molecule has 2 aromatic heterocycles. The molecule has 3 heterocycles. The molecule has 2 aliphatic rings. The molecule has 1 fully saturated rings. The van der Waals surface area contributed by atoms with Gasteiger partial charge in [0, 0.05) is 24.2 Å². The summed E-state index contributed by atoms with van der Waals surface area (Å²) < 4.78 is 50.7. The van der Waals surface area contributed by atoms with Crippen LogP contribution in [-0.2, 0) is 5.60 Å². The van der Waals surface area contributed by atoms with Crippen LogP contribution in [0.25, 0.3) is 11.3 Å². The van der Waals surface area contributed by atoms with Crippen molar-refractivity contribution in [2.75, 3.05) is 11.9 Å². The number of amides is 1. The molecule has 0 spiro atoms. The number of pyridine rings is 2. The number of carbonyl (C=O) groups is 1. The van der Waals surface area contributed by atoms with Gasteiger partial charge in [0.05, 0.1) is 29.7 Å². The minimum atomic E-state index is -1.51. The summed E-state index contributed by atoms with van der Waals surface area (Å²) >= 11 is 0. The van der Waals surface area contributed by atoms with Crippen LogP contribution in [0.2, 0.25) is 0 Å². The number of aromatic nitrogens is 2. The molecule has 7 nitrogen and oxygen atoms in total. The number of benzene rings is 1. The topological polar surface area (TPSA) is 110 Å². The second-order valence-corrected chi connectivity index (χ2v) is 10.5. The van der Waals surface area contributed by atoms with Crippen molar-refractivity contribution in [3.05, 3.63) is 70.9 Å². The fourth-order valence-corrected chi connectivity index (χ4v) is 5.55. The lowest BCUT2D eigenvalue weighted by atomic mass is 9.76. The Bertz CT molecular complexity index is 1390. The van der Waals surface area contributed by atoms with Crippen LogP contribution in [0.3, 0.4) is 0 Å². The molecule has 5 rings (SSSR count). The third-order valence-corrected chi connectivity index (χ3v) is 7.43. The Morgan fingerprint density at radius 3 is 2.74 bits per heavy atom. The zero-order chi connectivity index (χ0) is 27.2. The summed E-state index contributed by atoms with van der Waals surface area (Å²) in [6.45, 7) is 3.56. The monoisotopic (exact) mass is 526 g/mol. The van der Waals surface area contributed by atoms with Crippen molar-refractivity contribution in [1.82, 2.24) is 9.97 Å². The van der Waals surface area contributed by atoms with E-state index in [1.807, 2.05) is 6.07 Å². The van der Waals surface area contributed by atoms with Gasteiger partial charge in [0.15, 0.2) is 11.6 Å². The van der Waals surface area contributed by atoms with E-state index in [-0.39, 0.29) is 42.0 Å². The normalized spacial score (nSPS) is 24.9. The summed E-state index contributed by atoms with van der Waals surface area (Å²) in [6, 6.07) is 4.87. The molecule has 1 amide bonds. The van der Waals surface area contributed by atoms with Crippen molar-refractivity contribution in [3.63, 3.8) is 0 Å². The molecule has 4 atom stereocenters. The molecule has 1 saturated carbocycles. The summed E-state index contributed by atoms with van der Waals surface area (Å²) in [4.78, 5) is 21.3. The average molecular weight is 527 g/mol. The largest absolute Gasteiger partial charge is 0.490 e. The van der Waals surface area contributed by atoms with Crippen LogP contribution < -0.4 is 15.8 Å². The maximum atomic E-state index is 15.4. The minimum Gasteiger partial charge on any atom is -0.490 e. The van der Waals surface area contributed by atoms with Gasteiger partial charge in [-0.05, 0) is 67.9 Å². The van der Waals surface area contributed by atoms with E-state index < -0.39 is 40.2 Å². The Labute approximate surface area is 218 Å². The molecule has 3 aromatic rings. The first kappa shape index (κ1) is 26.1. The van der Waals surface area contributed by atoms with Crippen molar-refractivity contribution in [1.29, 1.82) is 0 Å². The van der Waals surface area contributed by atoms with E-state index >= 15 is 8.78 Å². The number of rotatable bonds is 4. The highest BCUT2D eigenvalue weighted by Crippen LogP contribution is 2.43. The number of nitrogens with zero attached hydrogens (tertiary/aromatic N) is 2. The van der Waals surface area contributed by atoms with Gasteiger partial charge in [-0.1, -0.05) is 6.92 Å². The highest BCUT2D eigenvalue weighted by atomic mass is 19.1. The number of hydrogen-bond donors (Lipinski definition) is 3. The predicted molar refractivity (Wildman–Crippen MR) is 135 cm³/mol. The zero-order valence-corrected chi connectivity index (χ0v) is 21.1. The van der Waals surface area contributed by atoms with Gasteiger partial charge in [-0.25, -0.2) is 18.2 Å². The fourth-order valence-electron chi connectivity index (χ4n) is 5.55. The van der Waals surface area contributed by atoms with E-state index in [0.29, 0.717) is 11.6 Å².